The highest BCUT2D eigenvalue weighted by atomic mass is 35.5. The Balaban J connectivity index is 0.00000289. The van der Waals surface area contributed by atoms with E-state index in [-0.39, 0.29) is 18.4 Å². The van der Waals surface area contributed by atoms with Crippen molar-refractivity contribution in [1.29, 1.82) is 0 Å². The van der Waals surface area contributed by atoms with E-state index in [0.29, 0.717) is 18.0 Å². The lowest BCUT2D eigenvalue weighted by molar-refractivity contribution is 0.108. The number of likely N-dealkylation sites (N-methyl/N-ethyl adjacent to an activating group) is 1. The molecule has 0 spiro atoms. The molecule has 1 aromatic heterocycles. The van der Waals surface area contributed by atoms with Gasteiger partial charge in [-0.25, -0.2) is 4.68 Å². The number of hydrogen-bond acceptors (Lipinski definition) is 7. The van der Waals surface area contributed by atoms with Gasteiger partial charge < -0.3 is 14.4 Å². The summed E-state index contributed by atoms with van der Waals surface area (Å²) in [6, 6.07) is 16.3. The molecule has 2 heterocycles. The van der Waals surface area contributed by atoms with Crippen molar-refractivity contribution in [3.63, 3.8) is 0 Å². The Labute approximate surface area is 195 Å². The second kappa shape index (κ2) is 11.3. The predicted octanol–water partition coefficient (Wildman–Crippen LogP) is 2.89. The summed E-state index contributed by atoms with van der Waals surface area (Å²) in [6.45, 7) is 7.86. The molecule has 1 aliphatic heterocycles. The molecule has 0 amide bonds. The molecule has 32 heavy (non-hydrogen) atoms. The Morgan fingerprint density at radius 1 is 0.938 bits per heavy atom. The Morgan fingerprint density at radius 2 is 1.66 bits per heavy atom. The summed E-state index contributed by atoms with van der Waals surface area (Å²) in [6.07, 6.45) is 0. The molecule has 1 atom stereocenters. The smallest absolute Gasteiger partial charge is 0.173 e. The number of aromatic nitrogens is 4. The second-order valence-electron chi connectivity index (χ2n) is 7.67. The quantitative estimate of drug-likeness (QED) is 0.514. The third-order valence-electron chi connectivity index (χ3n) is 5.92. The molecule has 0 bridgehead atoms. The molecule has 1 aliphatic rings. The van der Waals surface area contributed by atoms with Crippen molar-refractivity contribution in [3.05, 3.63) is 65.5 Å². The van der Waals surface area contributed by atoms with Crippen LogP contribution in [0.5, 0.6) is 11.5 Å². The Kier molecular flexibility index (Phi) is 8.44. The zero-order valence-electron chi connectivity index (χ0n) is 18.8. The number of tetrazole rings is 1. The van der Waals surface area contributed by atoms with Crippen LogP contribution in [0.2, 0.25) is 0 Å². The van der Waals surface area contributed by atoms with Crippen LogP contribution in [0.4, 0.5) is 0 Å². The lowest BCUT2D eigenvalue weighted by atomic mass is 10.0. The monoisotopic (exact) mass is 458 g/mol. The molecule has 0 saturated carbocycles. The minimum atomic E-state index is -0.0717. The van der Waals surface area contributed by atoms with Crippen molar-refractivity contribution in [1.82, 2.24) is 30.0 Å². The number of nitrogens with zero attached hydrogens (tertiary/aromatic N) is 6. The van der Waals surface area contributed by atoms with E-state index < -0.39 is 0 Å². The predicted molar refractivity (Wildman–Crippen MR) is 126 cm³/mol. The molecular formula is C23H31ClN6O2. The fourth-order valence-corrected chi connectivity index (χ4v) is 4.16. The van der Waals surface area contributed by atoms with E-state index in [0.717, 1.165) is 49.7 Å². The summed E-state index contributed by atoms with van der Waals surface area (Å²) in [4.78, 5) is 4.93. The zero-order chi connectivity index (χ0) is 21.6. The average molecular weight is 459 g/mol. The largest absolute Gasteiger partial charge is 0.493 e. The van der Waals surface area contributed by atoms with Gasteiger partial charge in [0.15, 0.2) is 17.3 Å². The number of hydrogen-bond donors (Lipinski definition) is 0. The lowest BCUT2D eigenvalue weighted by Crippen LogP contribution is -2.48. The van der Waals surface area contributed by atoms with Gasteiger partial charge in [-0.15, -0.1) is 17.5 Å². The zero-order valence-corrected chi connectivity index (χ0v) is 19.7. The van der Waals surface area contributed by atoms with Crippen LogP contribution in [0.3, 0.4) is 0 Å². The van der Waals surface area contributed by atoms with Crippen LogP contribution in [-0.4, -0.2) is 77.0 Å². The molecule has 172 valence electrons. The van der Waals surface area contributed by atoms with Crippen molar-refractivity contribution >= 4 is 12.4 Å². The normalized spacial score (nSPS) is 15.7. The summed E-state index contributed by atoms with van der Waals surface area (Å²) in [5, 5.41) is 12.8. The molecule has 3 aromatic rings. The summed E-state index contributed by atoms with van der Waals surface area (Å²) in [5.74, 6) is 2.25. The Hall–Kier alpha value is -2.68. The number of benzene rings is 2. The van der Waals surface area contributed by atoms with Gasteiger partial charge in [0.25, 0.3) is 0 Å². The van der Waals surface area contributed by atoms with Crippen LogP contribution in [-0.2, 0) is 6.54 Å². The minimum Gasteiger partial charge on any atom is -0.493 e. The fraction of sp³-hybridized carbons (Fsp3) is 0.435. The summed E-state index contributed by atoms with van der Waals surface area (Å²) >= 11 is 0. The molecular weight excluding hydrogens is 428 g/mol. The third kappa shape index (κ3) is 5.20. The minimum absolute atomic E-state index is 0. The SMILES string of the molecule is CCN1CCN(C(c2ccc(OC)c(OC)c2)c2nnnn2Cc2ccccc2)CC1.Cl. The first kappa shape index (κ1) is 24.0. The van der Waals surface area contributed by atoms with Crippen LogP contribution in [0.1, 0.15) is 29.9 Å². The molecule has 0 radical (unpaired) electrons. The van der Waals surface area contributed by atoms with Gasteiger partial charge >= 0.3 is 0 Å². The van der Waals surface area contributed by atoms with Gasteiger partial charge in [-0.3, -0.25) is 4.90 Å². The van der Waals surface area contributed by atoms with Gasteiger partial charge in [-0.2, -0.15) is 0 Å². The van der Waals surface area contributed by atoms with Crippen LogP contribution in [0, 0.1) is 0 Å². The molecule has 4 rings (SSSR count). The highest BCUT2D eigenvalue weighted by Gasteiger charge is 2.31. The first-order valence-corrected chi connectivity index (χ1v) is 10.7. The number of rotatable bonds is 8. The summed E-state index contributed by atoms with van der Waals surface area (Å²) < 4.78 is 12.9. The molecule has 9 heteroatoms. The van der Waals surface area contributed by atoms with Crippen molar-refractivity contribution in [2.24, 2.45) is 0 Å². The van der Waals surface area contributed by atoms with Gasteiger partial charge in [-0.05, 0) is 40.2 Å². The van der Waals surface area contributed by atoms with E-state index in [1.165, 1.54) is 0 Å². The van der Waals surface area contributed by atoms with Gasteiger partial charge in [0, 0.05) is 26.2 Å². The summed E-state index contributed by atoms with van der Waals surface area (Å²) in [7, 11) is 3.31. The van der Waals surface area contributed by atoms with E-state index in [4.69, 9.17) is 9.47 Å². The molecule has 1 fully saturated rings. The summed E-state index contributed by atoms with van der Waals surface area (Å²) in [5.41, 5.74) is 2.25. The standard InChI is InChI=1S/C23H30N6O2.ClH/c1-4-27-12-14-28(15-13-27)22(19-10-11-20(30-2)21(16-19)31-3)23-24-25-26-29(23)17-18-8-6-5-7-9-18;/h5-11,16,22H,4,12-15,17H2,1-3H3;1H. The third-order valence-corrected chi connectivity index (χ3v) is 5.92. The molecule has 1 saturated heterocycles. The number of halogens is 1. The van der Waals surface area contributed by atoms with Gasteiger partial charge in [0.2, 0.25) is 0 Å². The maximum Gasteiger partial charge on any atom is 0.173 e. The van der Waals surface area contributed by atoms with Crippen molar-refractivity contribution in [3.8, 4) is 11.5 Å². The van der Waals surface area contributed by atoms with E-state index in [2.05, 4.69) is 50.4 Å². The van der Waals surface area contributed by atoms with Gasteiger partial charge in [0.1, 0.15) is 0 Å². The fourth-order valence-electron chi connectivity index (χ4n) is 4.16. The van der Waals surface area contributed by atoms with Crippen molar-refractivity contribution in [2.45, 2.75) is 19.5 Å². The Bertz CT molecular complexity index is 976. The molecule has 0 N–H and O–H groups in total. The lowest BCUT2D eigenvalue weighted by Gasteiger charge is -2.38. The molecule has 8 nitrogen and oxygen atoms in total. The second-order valence-corrected chi connectivity index (χ2v) is 7.67. The van der Waals surface area contributed by atoms with Crippen LogP contribution in [0.25, 0.3) is 0 Å². The maximum absolute atomic E-state index is 5.58. The first-order valence-electron chi connectivity index (χ1n) is 10.7. The number of piperazine rings is 1. The topological polar surface area (TPSA) is 68.5 Å². The highest BCUT2D eigenvalue weighted by Crippen LogP contribution is 2.35. The average Bonchev–Trinajstić information content (AvgIpc) is 3.27. The Morgan fingerprint density at radius 3 is 2.31 bits per heavy atom. The van der Waals surface area contributed by atoms with E-state index >= 15 is 0 Å². The maximum atomic E-state index is 5.58. The van der Waals surface area contributed by atoms with Crippen LogP contribution < -0.4 is 9.47 Å². The highest BCUT2D eigenvalue weighted by molar-refractivity contribution is 5.85. The number of methoxy groups -OCH3 is 2. The molecule has 1 unspecified atom stereocenters. The van der Waals surface area contributed by atoms with Gasteiger partial charge in [-0.1, -0.05) is 43.3 Å². The van der Waals surface area contributed by atoms with Crippen LogP contribution in [0.15, 0.2) is 48.5 Å². The van der Waals surface area contributed by atoms with Crippen molar-refractivity contribution < 1.29 is 9.47 Å². The number of ether oxygens (including phenoxy) is 2. The van der Waals surface area contributed by atoms with Crippen LogP contribution >= 0.6 is 12.4 Å². The van der Waals surface area contributed by atoms with E-state index in [9.17, 15) is 0 Å². The molecule has 0 aliphatic carbocycles. The van der Waals surface area contributed by atoms with E-state index in [1.54, 1.807) is 14.2 Å². The van der Waals surface area contributed by atoms with E-state index in [1.807, 2.05) is 35.0 Å². The first-order chi connectivity index (χ1) is 15.2. The van der Waals surface area contributed by atoms with Crippen molar-refractivity contribution in [2.75, 3.05) is 46.9 Å². The van der Waals surface area contributed by atoms with Gasteiger partial charge in [0.05, 0.1) is 26.8 Å². The molecule has 2 aromatic carbocycles.